The molecule has 0 radical (unpaired) electrons. The molecule has 0 saturated carbocycles. The molecular weight excluding hydrogens is 394 g/mol. The smallest absolute Gasteiger partial charge is 0.149 e. The molecule has 2 heterocycles. The molecule has 2 aliphatic rings. The second-order valence-corrected chi connectivity index (χ2v) is 7.08. The van der Waals surface area contributed by atoms with E-state index < -0.39 is 0 Å². The van der Waals surface area contributed by atoms with E-state index in [2.05, 4.69) is 44.4 Å². The maximum Gasteiger partial charge on any atom is 0.149 e. The van der Waals surface area contributed by atoms with Gasteiger partial charge in [-0.2, -0.15) is 0 Å². The van der Waals surface area contributed by atoms with Crippen LogP contribution in [0.25, 0.3) is 0 Å². The molecule has 116 valence electrons. The van der Waals surface area contributed by atoms with Gasteiger partial charge in [-0.3, -0.25) is 0 Å². The number of aliphatic imine (C=N–C) groups is 2. The van der Waals surface area contributed by atoms with Crippen molar-refractivity contribution in [3.63, 3.8) is 0 Å². The number of benzene rings is 1. The molecular formula is C16H18FIN4. The van der Waals surface area contributed by atoms with Gasteiger partial charge in [0, 0.05) is 42.2 Å². The van der Waals surface area contributed by atoms with Crippen molar-refractivity contribution in [2.24, 2.45) is 15.9 Å². The summed E-state index contributed by atoms with van der Waals surface area (Å²) >= 11 is 2.10. The molecule has 1 atom stereocenters. The topological polar surface area (TPSA) is 31.2 Å². The van der Waals surface area contributed by atoms with Crippen molar-refractivity contribution in [1.29, 1.82) is 0 Å². The van der Waals surface area contributed by atoms with Gasteiger partial charge >= 0.3 is 0 Å². The van der Waals surface area contributed by atoms with Crippen LogP contribution in [0.1, 0.15) is 6.92 Å². The van der Waals surface area contributed by atoms with E-state index in [4.69, 9.17) is 0 Å². The monoisotopic (exact) mass is 412 g/mol. The zero-order chi connectivity index (χ0) is 15.9. The van der Waals surface area contributed by atoms with Crippen LogP contribution >= 0.6 is 22.6 Å². The van der Waals surface area contributed by atoms with Crippen molar-refractivity contribution < 1.29 is 4.39 Å². The number of hydrogen-bond donors (Lipinski definition) is 0. The Hall–Kier alpha value is -1.44. The van der Waals surface area contributed by atoms with Gasteiger partial charge in [-0.05, 0) is 40.8 Å². The summed E-state index contributed by atoms with van der Waals surface area (Å²) in [6.07, 6.45) is 1.83. The summed E-state index contributed by atoms with van der Waals surface area (Å²) in [7, 11) is 4.02. The van der Waals surface area contributed by atoms with E-state index in [1.54, 1.807) is 6.07 Å². The first-order valence-corrected chi connectivity index (χ1v) is 8.26. The van der Waals surface area contributed by atoms with Gasteiger partial charge in [-0.15, -0.1) is 0 Å². The molecule has 0 saturated heterocycles. The van der Waals surface area contributed by atoms with Crippen molar-refractivity contribution in [2.45, 2.75) is 6.92 Å². The Labute approximate surface area is 143 Å². The third-order valence-corrected chi connectivity index (χ3v) is 4.56. The molecule has 0 amide bonds. The zero-order valence-electron chi connectivity index (χ0n) is 12.8. The summed E-state index contributed by atoms with van der Waals surface area (Å²) in [6.45, 7) is 3.71. The summed E-state index contributed by atoms with van der Waals surface area (Å²) in [5, 5.41) is 0. The van der Waals surface area contributed by atoms with Crippen molar-refractivity contribution in [1.82, 2.24) is 9.80 Å². The Bertz CT molecular complexity index is 695. The molecule has 0 aliphatic carbocycles. The number of rotatable bonds is 1. The van der Waals surface area contributed by atoms with Crippen LogP contribution in [0.5, 0.6) is 0 Å². The molecule has 22 heavy (non-hydrogen) atoms. The molecule has 0 aromatic heterocycles. The minimum absolute atomic E-state index is 0.240. The molecule has 4 nitrogen and oxygen atoms in total. The van der Waals surface area contributed by atoms with E-state index in [1.807, 2.05) is 31.4 Å². The van der Waals surface area contributed by atoms with Crippen LogP contribution in [0.15, 0.2) is 39.6 Å². The van der Waals surface area contributed by atoms with E-state index in [1.165, 1.54) is 6.07 Å². The van der Waals surface area contributed by atoms with Crippen molar-refractivity contribution in [3.05, 3.63) is 39.0 Å². The summed E-state index contributed by atoms with van der Waals surface area (Å²) in [5.74, 6) is 0.908. The average molecular weight is 412 g/mol. The number of halogens is 2. The predicted molar refractivity (Wildman–Crippen MR) is 96.2 cm³/mol. The summed E-state index contributed by atoms with van der Waals surface area (Å²) in [4.78, 5) is 13.3. The van der Waals surface area contributed by atoms with Crippen LogP contribution in [-0.4, -0.2) is 49.0 Å². The third kappa shape index (κ3) is 2.88. The van der Waals surface area contributed by atoms with Crippen molar-refractivity contribution in [2.75, 3.05) is 27.2 Å². The molecule has 0 spiro atoms. The molecule has 2 aliphatic heterocycles. The fourth-order valence-corrected chi connectivity index (χ4v) is 3.33. The lowest BCUT2D eigenvalue weighted by Crippen LogP contribution is -2.41. The Morgan fingerprint density at radius 1 is 1.36 bits per heavy atom. The van der Waals surface area contributed by atoms with E-state index in [0.717, 1.165) is 33.8 Å². The van der Waals surface area contributed by atoms with Gasteiger partial charge in [0.25, 0.3) is 0 Å². The highest BCUT2D eigenvalue weighted by Crippen LogP contribution is 2.30. The van der Waals surface area contributed by atoms with Crippen LogP contribution in [-0.2, 0) is 0 Å². The first-order chi connectivity index (χ1) is 10.5. The first kappa shape index (κ1) is 15.5. The lowest BCUT2D eigenvalue weighted by molar-refractivity contribution is 0.358. The van der Waals surface area contributed by atoms with Crippen molar-refractivity contribution in [3.8, 4) is 0 Å². The zero-order valence-corrected chi connectivity index (χ0v) is 15.0. The highest BCUT2D eigenvalue weighted by Gasteiger charge is 2.30. The molecule has 1 aromatic carbocycles. The SMILES string of the molecule is CC1CN(C)C2=C(CN(C)C=N2)C1=Nc1ccc(I)cc1F. The molecule has 1 unspecified atom stereocenters. The van der Waals surface area contributed by atoms with E-state index >= 15 is 0 Å². The van der Waals surface area contributed by atoms with Crippen LogP contribution in [0, 0.1) is 15.3 Å². The first-order valence-electron chi connectivity index (χ1n) is 7.18. The van der Waals surface area contributed by atoms with Gasteiger partial charge in [0.05, 0.1) is 17.7 Å². The van der Waals surface area contributed by atoms with Crippen LogP contribution in [0.4, 0.5) is 10.1 Å². The van der Waals surface area contributed by atoms with E-state index in [0.29, 0.717) is 5.69 Å². The number of hydrogen-bond acceptors (Lipinski definition) is 4. The highest BCUT2D eigenvalue weighted by atomic mass is 127. The molecule has 6 heteroatoms. The molecule has 0 N–H and O–H groups in total. The minimum atomic E-state index is -0.277. The maximum absolute atomic E-state index is 14.1. The Morgan fingerprint density at radius 3 is 2.86 bits per heavy atom. The summed E-state index contributed by atoms with van der Waals surface area (Å²) in [5.41, 5.74) is 2.43. The quantitative estimate of drug-likeness (QED) is 0.664. The van der Waals surface area contributed by atoms with E-state index in [9.17, 15) is 4.39 Å². The van der Waals surface area contributed by atoms with E-state index in [-0.39, 0.29) is 11.7 Å². The van der Waals surface area contributed by atoms with Gasteiger partial charge in [-0.1, -0.05) is 6.92 Å². The van der Waals surface area contributed by atoms with Gasteiger partial charge in [0.15, 0.2) is 0 Å². The predicted octanol–water partition coefficient (Wildman–Crippen LogP) is 3.27. The second-order valence-electron chi connectivity index (χ2n) is 5.84. The fraction of sp³-hybridized carbons (Fsp3) is 0.375. The Morgan fingerprint density at radius 2 is 2.14 bits per heavy atom. The minimum Gasteiger partial charge on any atom is -0.361 e. The lowest BCUT2D eigenvalue weighted by atomic mass is 9.92. The van der Waals surface area contributed by atoms with Gasteiger partial charge in [0.1, 0.15) is 11.6 Å². The average Bonchev–Trinajstić information content (AvgIpc) is 2.45. The summed E-state index contributed by atoms with van der Waals surface area (Å²) < 4.78 is 15.0. The normalized spacial score (nSPS) is 23.3. The standard InChI is InChI=1S/C16H18FIN4/c1-10-7-22(3)16-12(8-21(2)9-19-16)15(10)20-14-5-4-11(18)6-13(14)17/h4-6,9-10H,7-8H2,1-3H3. The highest BCUT2D eigenvalue weighted by molar-refractivity contribution is 14.1. The Balaban J connectivity index is 2.09. The molecule has 3 rings (SSSR count). The van der Waals surface area contributed by atoms with Gasteiger partial charge in [-0.25, -0.2) is 14.4 Å². The number of likely N-dealkylation sites (N-methyl/N-ethyl adjacent to an activating group) is 1. The Kier molecular flexibility index (Phi) is 4.20. The maximum atomic E-state index is 14.1. The fourth-order valence-electron chi connectivity index (χ4n) is 2.88. The summed E-state index contributed by atoms with van der Waals surface area (Å²) in [6, 6.07) is 5.13. The lowest BCUT2D eigenvalue weighted by Gasteiger charge is -2.36. The van der Waals surface area contributed by atoms with Crippen LogP contribution in [0.2, 0.25) is 0 Å². The molecule has 1 aromatic rings. The van der Waals surface area contributed by atoms with Crippen LogP contribution in [0.3, 0.4) is 0 Å². The number of nitrogens with zero attached hydrogens (tertiary/aromatic N) is 4. The second kappa shape index (κ2) is 5.98. The third-order valence-electron chi connectivity index (χ3n) is 3.89. The molecule has 0 bridgehead atoms. The van der Waals surface area contributed by atoms with Gasteiger partial charge in [0.2, 0.25) is 0 Å². The van der Waals surface area contributed by atoms with Gasteiger partial charge < -0.3 is 9.80 Å². The van der Waals surface area contributed by atoms with Crippen LogP contribution < -0.4 is 0 Å². The molecule has 0 fully saturated rings. The largest absolute Gasteiger partial charge is 0.361 e. The van der Waals surface area contributed by atoms with Crippen molar-refractivity contribution >= 4 is 40.3 Å².